The number of para-hydroxylation sites is 3. The van der Waals surface area contributed by atoms with Gasteiger partial charge in [0.15, 0.2) is 0 Å². The molecule has 0 atom stereocenters. The molecule has 0 spiro atoms. The van der Waals surface area contributed by atoms with Gasteiger partial charge in [-0.15, -0.1) is 11.3 Å². The molecular weight excluding hydrogens is 677 g/mol. The molecule has 0 unspecified atom stereocenters. The standard InChI is InChI=1S/C49H28N4S/c1-2-14-29(15-3-1)46-35-20-7-11-23-39(35)51-49(52-46)53-40-24-12-8-16-31(40)37-28-30(26-27-41(37)53)47-45-43(34-19-6-10-22-38(34)50-47)32-17-4-5-18-33(32)48-44(45)36-21-9-13-25-42(36)54-48/h1-28H. The van der Waals surface area contributed by atoms with E-state index in [1.54, 1.807) is 0 Å². The van der Waals surface area contributed by atoms with Crippen molar-refractivity contribution in [1.82, 2.24) is 19.5 Å². The summed E-state index contributed by atoms with van der Waals surface area (Å²) in [6, 6.07) is 60.4. The number of hydrogen-bond acceptors (Lipinski definition) is 4. The second-order valence-corrected chi connectivity index (χ2v) is 15.0. The summed E-state index contributed by atoms with van der Waals surface area (Å²) in [6.07, 6.45) is 0. The Morgan fingerprint density at radius 3 is 1.83 bits per heavy atom. The number of thiophene rings is 1. The fraction of sp³-hybridized carbons (Fsp3) is 0. The Hall–Kier alpha value is -6.95. The molecule has 0 N–H and O–H groups in total. The van der Waals surface area contributed by atoms with Crippen LogP contribution in [0.1, 0.15) is 0 Å². The van der Waals surface area contributed by atoms with Crippen LogP contribution in [0.15, 0.2) is 170 Å². The summed E-state index contributed by atoms with van der Waals surface area (Å²) in [7, 11) is 0. The summed E-state index contributed by atoms with van der Waals surface area (Å²) in [6.45, 7) is 0. The molecule has 0 saturated heterocycles. The number of fused-ring (bicyclic) bond motifs is 14. The average molecular weight is 705 g/mol. The first kappa shape index (κ1) is 29.6. The van der Waals surface area contributed by atoms with Crippen LogP contribution in [0.3, 0.4) is 0 Å². The second-order valence-electron chi connectivity index (χ2n) is 13.9. The van der Waals surface area contributed by atoms with Crippen LogP contribution in [0.5, 0.6) is 0 Å². The molecular formula is C49H28N4S. The van der Waals surface area contributed by atoms with Crippen LogP contribution in [0, 0.1) is 0 Å². The van der Waals surface area contributed by atoms with Crippen molar-refractivity contribution in [2.24, 2.45) is 0 Å². The Morgan fingerprint density at radius 2 is 1.00 bits per heavy atom. The molecule has 4 aromatic heterocycles. The lowest BCUT2D eigenvalue weighted by Gasteiger charge is -2.15. The van der Waals surface area contributed by atoms with Crippen molar-refractivity contribution in [2.75, 3.05) is 0 Å². The Kier molecular flexibility index (Phi) is 6.18. The predicted molar refractivity (Wildman–Crippen MR) is 228 cm³/mol. The maximum atomic E-state index is 5.52. The van der Waals surface area contributed by atoms with E-state index < -0.39 is 0 Å². The van der Waals surface area contributed by atoms with Gasteiger partial charge in [-0.25, -0.2) is 15.0 Å². The van der Waals surface area contributed by atoms with Crippen LogP contribution in [0.4, 0.5) is 0 Å². The molecule has 8 aromatic carbocycles. The van der Waals surface area contributed by atoms with E-state index in [1.807, 2.05) is 23.5 Å². The minimum absolute atomic E-state index is 0.652. The van der Waals surface area contributed by atoms with Gasteiger partial charge in [0.2, 0.25) is 5.95 Å². The van der Waals surface area contributed by atoms with Crippen molar-refractivity contribution >= 4 is 96.7 Å². The van der Waals surface area contributed by atoms with E-state index in [-0.39, 0.29) is 0 Å². The molecule has 12 aromatic rings. The van der Waals surface area contributed by atoms with Gasteiger partial charge in [-0.2, -0.15) is 0 Å². The van der Waals surface area contributed by atoms with E-state index in [4.69, 9.17) is 15.0 Å². The molecule has 0 saturated carbocycles. The normalized spacial score (nSPS) is 12.1. The maximum Gasteiger partial charge on any atom is 0.235 e. The van der Waals surface area contributed by atoms with Gasteiger partial charge in [-0.1, -0.05) is 133 Å². The molecule has 0 aliphatic carbocycles. The van der Waals surface area contributed by atoms with Crippen LogP contribution in [-0.4, -0.2) is 19.5 Å². The molecule has 0 amide bonds. The van der Waals surface area contributed by atoms with Crippen molar-refractivity contribution in [3.8, 4) is 28.5 Å². The van der Waals surface area contributed by atoms with E-state index in [2.05, 4.69) is 162 Å². The summed E-state index contributed by atoms with van der Waals surface area (Å²) in [5, 5.41) is 12.0. The van der Waals surface area contributed by atoms with Gasteiger partial charge in [0.25, 0.3) is 0 Å². The van der Waals surface area contributed by atoms with Gasteiger partial charge in [-0.3, -0.25) is 4.57 Å². The van der Waals surface area contributed by atoms with Gasteiger partial charge in [0.05, 0.1) is 33.5 Å². The molecule has 0 aliphatic rings. The fourth-order valence-electron chi connectivity index (χ4n) is 8.64. The quantitative estimate of drug-likeness (QED) is 0.172. The van der Waals surface area contributed by atoms with Crippen molar-refractivity contribution in [2.45, 2.75) is 0 Å². The topological polar surface area (TPSA) is 43.6 Å². The highest BCUT2D eigenvalue weighted by atomic mass is 32.1. The molecule has 0 fully saturated rings. The van der Waals surface area contributed by atoms with E-state index in [1.165, 1.54) is 47.1 Å². The smallest absolute Gasteiger partial charge is 0.235 e. The van der Waals surface area contributed by atoms with Crippen molar-refractivity contribution in [3.63, 3.8) is 0 Å². The highest BCUT2D eigenvalue weighted by Crippen LogP contribution is 2.48. The zero-order valence-corrected chi connectivity index (χ0v) is 29.7. The third kappa shape index (κ3) is 4.15. The zero-order valence-electron chi connectivity index (χ0n) is 28.9. The van der Waals surface area contributed by atoms with Crippen LogP contribution in [0.2, 0.25) is 0 Å². The maximum absolute atomic E-state index is 5.52. The molecule has 4 heterocycles. The minimum atomic E-state index is 0.652. The molecule has 54 heavy (non-hydrogen) atoms. The summed E-state index contributed by atoms with van der Waals surface area (Å²) in [5.74, 6) is 0.652. The monoisotopic (exact) mass is 704 g/mol. The molecule has 0 radical (unpaired) electrons. The van der Waals surface area contributed by atoms with Crippen molar-refractivity contribution in [3.05, 3.63) is 170 Å². The minimum Gasteiger partial charge on any atom is -0.278 e. The lowest BCUT2D eigenvalue weighted by Crippen LogP contribution is -2.03. The summed E-state index contributed by atoms with van der Waals surface area (Å²) in [4.78, 5) is 16.0. The lowest BCUT2D eigenvalue weighted by atomic mass is 9.91. The molecule has 5 heteroatoms. The number of pyridine rings is 1. The number of hydrogen-bond donors (Lipinski definition) is 0. The largest absolute Gasteiger partial charge is 0.278 e. The summed E-state index contributed by atoms with van der Waals surface area (Å²) < 4.78 is 4.81. The Bertz CT molecular complexity index is 3510. The van der Waals surface area contributed by atoms with E-state index in [0.717, 1.165) is 60.7 Å². The second kappa shape index (κ2) is 11.3. The van der Waals surface area contributed by atoms with Crippen LogP contribution >= 0.6 is 11.3 Å². The molecule has 12 rings (SSSR count). The number of nitrogens with zero attached hydrogens (tertiary/aromatic N) is 4. The van der Waals surface area contributed by atoms with Gasteiger partial charge in [-0.05, 0) is 41.8 Å². The van der Waals surface area contributed by atoms with Crippen LogP contribution in [-0.2, 0) is 0 Å². The van der Waals surface area contributed by atoms with E-state index >= 15 is 0 Å². The fourth-order valence-corrected chi connectivity index (χ4v) is 9.89. The zero-order chi connectivity index (χ0) is 35.3. The molecule has 0 aliphatic heterocycles. The van der Waals surface area contributed by atoms with Gasteiger partial charge in [0.1, 0.15) is 0 Å². The average Bonchev–Trinajstić information content (AvgIpc) is 3.79. The first-order chi connectivity index (χ1) is 26.8. The van der Waals surface area contributed by atoms with E-state index in [9.17, 15) is 0 Å². The molecule has 250 valence electrons. The highest BCUT2D eigenvalue weighted by molar-refractivity contribution is 7.27. The Balaban J connectivity index is 1.19. The van der Waals surface area contributed by atoms with Gasteiger partial charge >= 0.3 is 0 Å². The van der Waals surface area contributed by atoms with Gasteiger partial charge < -0.3 is 0 Å². The van der Waals surface area contributed by atoms with Gasteiger partial charge in [0, 0.05) is 69.0 Å². The summed E-state index contributed by atoms with van der Waals surface area (Å²) in [5.41, 5.74) is 8.08. The van der Waals surface area contributed by atoms with Crippen LogP contribution < -0.4 is 0 Å². The number of aromatic nitrogens is 4. The van der Waals surface area contributed by atoms with E-state index in [0.29, 0.717) is 5.95 Å². The van der Waals surface area contributed by atoms with Crippen LogP contribution in [0.25, 0.3) is 114 Å². The predicted octanol–water partition coefficient (Wildman–Crippen LogP) is 13.3. The molecule has 0 bridgehead atoms. The van der Waals surface area contributed by atoms with Crippen molar-refractivity contribution < 1.29 is 0 Å². The summed E-state index contributed by atoms with van der Waals surface area (Å²) >= 11 is 1.88. The lowest BCUT2D eigenvalue weighted by molar-refractivity contribution is 1.01. The number of benzene rings is 8. The third-order valence-electron chi connectivity index (χ3n) is 11.0. The number of rotatable bonds is 3. The molecule has 4 nitrogen and oxygen atoms in total. The Morgan fingerprint density at radius 1 is 0.370 bits per heavy atom. The first-order valence-corrected chi connectivity index (χ1v) is 19.0. The SMILES string of the molecule is c1ccc(-c2nc(-n3c4ccccc4c4cc(-c5nc6ccccc6c6c7ccccc7c7sc8ccccc8c7c56)ccc43)nc3ccccc23)cc1. The van der Waals surface area contributed by atoms with Crippen molar-refractivity contribution in [1.29, 1.82) is 0 Å². The highest BCUT2D eigenvalue weighted by Gasteiger charge is 2.22. The Labute approximate surface area is 313 Å². The first-order valence-electron chi connectivity index (χ1n) is 18.2. The third-order valence-corrected chi connectivity index (χ3v) is 12.2.